The van der Waals surface area contributed by atoms with E-state index in [-0.39, 0.29) is 17.5 Å². The van der Waals surface area contributed by atoms with Gasteiger partial charge in [0.1, 0.15) is 0 Å². The van der Waals surface area contributed by atoms with Gasteiger partial charge in [-0.15, -0.1) is 0 Å². The predicted octanol–water partition coefficient (Wildman–Crippen LogP) is 2.08. The number of anilines is 1. The molecule has 1 aliphatic rings. The summed E-state index contributed by atoms with van der Waals surface area (Å²) in [7, 11) is 1.92. The van der Waals surface area contributed by atoms with E-state index in [0.717, 1.165) is 37.3 Å². The van der Waals surface area contributed by atoms with E-state index in [1.807, 2.05) is 35.7 Å². The molecule has 1 aliphatic heterocycles. The van der Waals surface area contributed by atoms with Gasteiger partial charge in [0.25, 0.3) is 5.91 Å². The highest BCUT2D eigenvalue weighted by molar-refractivity contribution is 5.95. The summed E-state index contributed by atoms with van der Waals surface area (Å²) in [5.74, 6) is -0.0361. The van der Waals surface area contributed by atoms with E-state index < -0.39 is 0 Å². The molecule has 0 aromatic carbocycles. The molecule has 2 aromatic heterocycles. The minimum absolute atomic E-state index is 0.0361. The monoisotopic (exact) mass is 344 g/mol. The molecule has 25 heavy (non-hydrogen) atoms. The van der Waals surface area contributed by atoms with Crippen LogP contribution in [0.15, 0.2) is 18.6 Å². The van der Waals surface area contributed by atoms with Crippen LogP contribution in [0.25, 0.3) is 0 Å². The van der Waals surface area contributed by atoms with Crippen molar-refractivity contribution in [2.45, 2.75) is 52.1 Å². The first-order chi connectivity index (χ1) is 11.8. The Morgan fingerprint density at radius 1 is 1.28 bits per heavy atom. The molecule has 7 heteroatoms. The maximum atomic E-state index is 12.7. The van der Waals surface area contributed by atoms with Crippen LogP contribution in [0.4, 0.5) is 5.69 Å². The fourth-order valence-electron chi connectivity index (χ4n) is 3.47. The first kappa shape index (κ1) is 17.5. The zero-order valence-corrected chi connectivity index (χ0v) is 15.8. The van der Waals surface area contributed by atoms with E-state index in [1.165, 1.54) is 0 Å². The molecule has 0 unspecified atom stereocenters. The van der Waals surface area contributed by atoms with Crippen molar-refractivity contribution in [3.63, 3.8) is 0 Å². The van der Waals surface area contributed by atoms with Crippen molar-refractivity contribution in [2.75, 3.05) is 18.0 Å². The Balaban J connectivity index is 1.68. The zero-order chi connectivity index (χ0) is 18.2. The van der Waals surface area contributed by atoms with E-state index >= 15 is 0 Å². The van der Waals surface area contributed by atoms with Gasteiger partial charge in [-0.1, -0.05) is 0 Å². The molecule has 1 N–H and O–H groups in total. The molecule has 0 bridgehead atoms. The number of hydrogen-bond acceptors (Lipinski definition) is 4. The summed E-state index contributed by atoms with van der Waals surface area (Å²) >= 11 is 0. The third kappa shape index (κ3) is 3.70. The standard InChI is InChI=1S/C18H28N6O/c1-13-16(10-20-24(13)18(2,3)4)17(25)21-14-7-6-8-23(11-14)15-9-19-22(5)12-15/h9-10,12,14H,6-8,11H2,1-5H3,(H,21,25)/t14-/m1/s1. The van der Waals surface area contributed by atoms with Gasteiger partial charge in [-0.2, -0.15) is 10.2 Å². The molecule has 1 amide bonds. The molecule has 0 spiro atoms. The second-order valence-corrected chi connectivity index (χ2v) is 7.86. The molecule has 1 atom stereocenters. The molecule has 7 nitrogen and oxygen atoms in total. The lowest BCUT2D eigenvalue weighted by molar-refractivity contribution is 0.0932. The topological polar surface area (TPSA) is 68.0 Å². The second kappa shape index (κ2) is 6.54. The van der Waals surface area contributed by atoms with Crippen LogP contribution in [-0.4, -0.2) is 44.6 Å². The van der Waals surface area contributed by atoms with Gasteiger partial charge in [-0.05, 0) is 40.5 Å². The summed E-state index contributed by atoms with van der Waals surface area (Å²) in [6, 6.07) is 0.138. The van der Waals surface area contributed by atoms with E-state index in [0.29, 0.717) is 5.56 Å². The molecule has 1 fully saturated rings. The summed E-state index contributed by atoms with van der Waals surface area (Å²) in [4.78, 5) is 15.0. The zero-order valence-electron chi connectivity index (χ0n) is 15.8. The minimum atomic E-state index is -0.134. The maximum absolute atomic E-state index is 12.7. The van der Waals surface area contributed by atoms with Crippen molar-refractivity contribution in [3.05, 3.63) is 29.8 Å². The van der Waals surface area contributed by atoms with Crippen LogP contribution in [-0.2, 0) is 12.6 Å². The number of nitrogens with zero attached hydrogens (tertiary/aromatic N) is 5. The molecule has 0 radical (unpaired) electrons. The van der Waals surface area contributed by atoms with Crippen molar-refractivity contribution in [1.29, 1.82) is 0 Å². The number of carbonyl (C=O) groups excluding carboxylic acids is 1. The summed E-state index contributed by atoms with van der Waals surface area (Å²) in [6.07, 6.45) is 7.62. The average molecular weight is 344 g/mol. The Bertz CT molecular complexity index is 754. The van der Waals surface area contributed by atoms with E-state index in [1.54, 1.807) is 6.20 Å². The Morgan fingerprint density at radius 3 is 2.64 bits per heavy atom. The number of amides is 1. The lowest BCUT2D eigenvalue weighted by atomic mass is 10.0. The largest absolute Gasteiger partial charge is 0.367 e. The van der Waals surface area contributed by atoms with Crippen LogP contribution in [0, 0.1) is 6.92 Å². The Labute approximate surface area is 149 Å². The molecule has 0 aliphatic carbocycles. The van der Waals surface area contributed by atoms with Gasteiger partial charge in [-0.3, -0.25) is 14.2 Å². The maximum Gasteiger partial charge on any atom is 0.255 e. The van der Waals surface area contributed by atoms with Gasteiger partial charge >= 0.3 is 0 Å². The molecule has 0 saturated carbocycles. The van der Waals surface area contributed by atoms with Gasteiger partial charge in [0.05, 0.1) is 29.2 Å². The van der Waals surface area contributed by atoms with Crippen LogP contribution in [0.2, 0.25) is 0 Å². The molecular weight excluding hydrogens is 316 g/mol. The van der Waals surface area contributed by atoms with Crippen LogP contribution < -0.4 is 10.2 Å². The Hall–Kier alpha value is -2.31. The molecule has 136 valence electrons. The van der Waals surface area contributed by atoms with Crippen molar-refractivity contribution >= 4 is 11.6 Å². The Kier molecular flexibility index (Phi) is 4.58. The summed E-state index contributed by atoms with van der Waals surface area (Å²) in [5.41, 5.74) is 2.54. The predicted molar refractivity (Wildman–Crippen MR) is 97.9 cm³/mol. The van der Waals surface area contributed by atoms with Crippen LogP contribution >= 0.6 is 0 Å². The number of nitrogens with one attached hydrogen (secondary N) is 1. The smallest absolute Gasteiger partial charge is 0.255 e. The summed E-state index contributed by atoms with van der Waals surface area (Å²) in [5, 5.41) is 11.8. The quantitative estimate of drug-likeness (QED) is 0.926. The minimum Gasteiger partial charge on any atom is -0.367 e. The fraction of sp³-hybridized carbons (Fsp3) is 0.611. The van der Waals surface area contributed by atoms with E-state index in [2.05, 4.69) is 41.2 Å². The van der Waals surface area contributed by atoms with Gasteiger partial charge < -0.3 is 10.2 Å². The lowest BCUT2D eigenvalue weighted by Crippen LogP contribution is -2.47. The first-order valence-electron chi connectivity index (χ1n) is 8.85. The van der Waals surface area contributed by atoms with E-state index in [9.17, 15) is 4.79 Å². The Morgan fingerprint density at radius 2 is 2.04 bits per heavy atom. The third-order valence-corrected chi connectivity index (χ3v) is 4.70. The molecule has 1 saturated heterocycles. The van der Waals surface area contributed by atoms with Gasteiger partial charge in [0, 0.05) is 38.1 Å². The highest BCUT2D eigenvalue weighted by Crippen LogP contribution is 2.21. The fourth-order valence-corrected chi connectivity index (χ4v) is 3.47. The second-order valence-electron chi connectivity index (χ2n) is 7.86. The van der Waals surface area contributed by atoms with Gasteiger partial charge in [0.2, 0.25) is 0 Å². The summed E-state index contributed by atoms with van der Waals surface area (Å²) < 4.78 is 3.71. The number of piperidine rings is 1. The number of carbonyl (C=O) groups is 1. The third-order valence-electron chi connectivity index (χ3n) is 4.70. The summed E-state index contributed by atoms with van der Waals surface area (Å²) in [6.45, 7) is 10.0. The van der Waals surface area contributed by atoms with Gasteiger partial charge in [-0.25, -0.2) is 0 Å². The molecule has 3 rings (SSSR count). The van der Waals surface area contributed by atoms with Crippen molar-refractivity contribution in [2.24, 2.45) is 7.05 Å². The van der Waals surface area contributed by atoms with Crippen molar-refractivity contribution in [1.82, 2.24) is 24.9 Å². The number of aromatic nitrogens is 4. The van der Waals surface area contributed by atoms with Crippen LogP contribution in [0.3, 0.4) is 0 Å². The first-order valence-corrected chi connectivity index (χ1v) is 8.85. The average Bonchev–Trinajstić information content (AvgIpc) is 3.13. The SMILES string of the molecule is Cc1c(C(=O)N[C@@H]2CCCN(c3cnn(C)c3)C2)cnn1C(C)(C)C. The van der Waals surface area contributed by atoms with Crippen LogP contribution in [0.1, 0.15) is 49.7 Å². The number of aryl methyl sites for hydroxylation is 1. The van der Waals surface area contributed by atoms with Crippen molar-refractivity contribution in [3.8, 4) is 0 Å². The van der Waals surface area contributed by atoms with Crippen molar-refractivity contribution < 1.29 is 4.79 Å². The highest BCUT2D eigenvalue weighted by atomic mass is 16.1. The number of hydrogen-bond donors (Lipinski definition) is 1. The normalized spacial score (nSPS) is 18.4. The molecule has 2 aromatic rings. The van der Waals surface area contributed by atoms with Gasteiger partial charge in [0.15, 0.2) is 0 Å². The lowest BCUT2D eigenvalue weighted by Gasteiger charge is -2.33. The van der Waals surface area contributed by atoms with E-state index in [4.69, 9.17) is 0 Å². The number of rotatable bonds is 3. The molecule has 3 heterocycles. The molecular formula is C18H28N6O. The highest BCUT2D eigenvalue weighted by Gasteiger charge is 2.26. The van der Waals surface area contributed by atoms with Crippen LogP contribution in [0.5, 0.6) is 0 Å².